The van der Waals surface area contributed by atoms with E-state index in [0.29, 0.717) is 12.4 Å². The lowest BCUT2D eigenvalue weighted by Gasteiger charge is -2.03. The number of nitrogens with zero attached hydrogens (tertiary/aromatic N) is 5. The van der Waals surface area contributed by atoms with Crippen molar-refractivity contribution < 1.29 is 4.74 Å². The van der Waals surface area contributed by atoms with E-state index in [1.807, 2.05) is 29.1 Å². The first-order valence-electron chi connectivity index (χ1n) is 5.56. The summed E-state index contributed by atoms with van der Waals surface area (Å²) in [4.78, 5) is 4.34. The minimum Gasteiger partial charge on any atom is -0.383 e. The third kappa shape index (κ3) is 1.84. The zero-order chi connectivity index (χ0) is 12.4. The molecule has 0 amide bonds. The molecule has 0 unspecified atom stereocenters. The van der Waals surface area contributed by atoms with Crippen LogP contribution in [0.1, 0.15) is 0 Å². The van der Waals surface area contributed by atoms with E-state index in [0.717, 1.165) is 23.1 Å². The highest BCUT2D eigenvalue weighted by Gasteiger charge is 2.07. The van der Waals surface area contributed by atoms with E-state index in [1.54, 1.807) is 7.11 Å². The van der Waals surface area contributed by atoms with E-state index in [-0.39, 0.29) is 0 Å². The van der Waals surface area contributed by atoms with E-state index in [9.17, 15) is 0 Å². The quantitative estimate of drug-likeness (QED) is 0.736. The summed E-state index contributed by atoms with van der Waals surface area (Å²) in [6.45, 7) is 1.42. The maximum Gasteiger partial charge on any atom is 0.204 e. The molecule has 7 heteroatoms. The maximum absolute atomic E-state index is 5.08. The number of ether oxygens (including phenoxy) is 1. The largest absolute Gasteiger partial charge is 0.383 e. The molecule has 2 heterocycles. The lowest BCUT2D eigenvalue weighted by atomic mass is 10.2. The second-order valence-corrected chi connectivity index (χ2v) is 3.87. The molecule has 0 saturated heterocycles. The lowest BCUT2D eigenvalue weighted by molar-refractivity contribution is 0.188. The second kappa shape index (κ2) is 4.53. The van der Waals surface area contributed by atoms with Crippen molar-refractivity contribution in [1.82, 2.24) is 30.2 Å². The fourth-order valence-electron chi connectivity index (χ4n) is 1.85. The van der Waals surface area contributed by atoms with Crippen molar-refractivity contribution in [2.24, 2.45) is 0 Å². The summed E-state index contributed by atoms with van der Waals surface area (Å²) in [6, 6.07) is 5.88. The fraction of sp³-hybridized carbons (Fsp3) is 0.273. The first-order chi connectivity index (χ1) is 8.88. The molecule has 7 nitrogen and oxygen atoms in total. The van der Waals surface area contributed by atoms with Gasteiger partial charge >= 0.3 is 0 Å². The maximum atomic E-state index is 5.08. The molecular formula is C11H12N6O. The van der Waals surface area contributed by atoms with Gasteiger partial charge in [-0.2, -0.15) is 5.21 Å². The average molecular weight is 244 g/mol. The second-order valence-electron chi connectivity index (χ2n) is 3.87. The van der Waals surface area contributed by atoms with Gasteiger partial charge in [-0.05, 0) is 23.4 Å². The Kier molecular flexibility index (Phi) is 2.73. The fourth-order valence-corrected chi connectivity index (χ4v) is 1.85. The molecule has 1 N–H and O–H groups in total. The molecule has 0 bridgehead atoms. The molecule has 0 radical (unpaired) electrons. The van der Waals surface area contributed by atoms with Crippen molar-refractivity contribution >= 4 is 11.0 Å². The molecule has 18 heavy (non-hydrogen) atoms. The molecule has 2 aromatic heterocycles. The lowest BCUT2D eigenvalue weighted by Crippen LogP contribution is -2.02. The van der Waals surface area contributed by atoms with Gasteiger partial charge in [-0.3, -0.25) is 0 Å². The number of hydrogen-bond acceptors (Lipinski definition) is 5. The molecular weight excluding hydrogens is 232 g/mol. The molecule has 0 aliphatic carbocycles. The number of methoxy groups -OCH3 is 1. The van der Waals surface area contributed by atoms with Crippen molar-refractivity contribution in [3.63, 3.8) is 0 Å². The third-order valence-corrected chi connectivity index (χ3v) is 2.76. The Morgan fingerprint density at radius 1 is 1.39 bits per heavy atom. The number of hydrogen-bond donors (Lipinski definition) is 1. The average Bonchev–Trinajstić information content (AvgIpc) is 3.05. The van der Waals surface area contributed by atoms with Crippen LogP contribution < -0.4 is 0 Å². The Labute approximate surface area is 103 Å². The highest BCUT2D eigenvalue weighted by atomic mass is 16.5. The van der Waals surface area contributed by atoms with Crippen LogP contribution in [0.5, 0.6) is 0 Å². The van der Waals surface area contributed by atoms with Crippen molar-refractivity contribution in [1.29, 1.82) is 0 Å². The smallest absolute Gasteiger partial charge is 0.204 e. The van der Waals surface area contributed by atoms with Gasteiger partial charge in [0.05, 0.1) is 24.0 Å². The first kappa shape index (κ1) is 10.8. The third-order valence-electron chi connectivity index (χ3n) is 2.76. The number of rotatable bonds is 4. The Hall–Kier alpha value is -2.28. The Morgan fingerprint density at radius 3 is 3.11 bits per heavy atom. The van der Waals surface area contributed by atoms with Gasteiger partial charge < -0.3 is 9.30 Å². The van der Waals surface area contributed by atoms with Crippen molar-refractivity contribution in [2.75, 3.05) is 13.7 Å². The van der Waals surface area contributed by atoms with Crippen LogP contribution in [0.4, 0.5) is 0 Å². The van der Waals surface area contributed by atoms with Crippen LogP contribution in [0.3, 0.4) is 0 Å². The highest BCUT2D eigenvalue weighted by molar-refractivity contribution is 5.80. The molecule has 92 valence electrons. The van der Waals surface area contributed by atoms with Crippen molar-refractivity contribution in [3.05, 3.63) is 24.5 Å². The predicted molar refractivity (Wildman–Crippen MR) is 64.8 cm³/mol. The van der Waals surface area contributed by atoms with Gasteiger partial charge in [0, 0.05) is 19.2 Å². The molecule has 0 spiro atoms. The zero-order valence-corrected chi connectivity index (χ0v) is 9.87. The normalized spacial score (nSPS) is 11.2. The topological polar surface area (TPSA) is 81.5 Å². The highest BCUT2D eigenvalue weighted by Crippen LogP contribution is 2.20. The van der Waals surface area contributed by atoms with Gasteiger partial charge in [-0.25, -0.2) is 4.98 Å². The van der Waals surface area contributed by atoms with Crippen LogP contribution in [-0.2, 0) is 11.3 Å². The van der Waals surface area contributed by atoms with E-state index < -0.39 is 0 Å². The van der Waals surface area contributed by atoms with Gasteiger partial charge in [0.25, 0.3) is 0 Å². The first-order valence-corrected chi connectivity index (χ1v) is 5.56. The summed E-state index contributed by atoms with van der Waals surface area (Å²) in [5.41, 5.74) is 2.89. The predicted octanol–water partition coefficient (Wildman–Crippen LogP) is 0.863. The summed E-state index contributed by atoms with van der Waals surface area (Å²) >= 11 is 0. The molecule has 1 aromatic carbocycles. The molecule has 3 rings (SSSR count). The van der Waals surface area contributed by atoms with Crippen LogP contribution >= 0.6 is 0 Å². The van der Waals surface area contributed by atoms with Crippen LogP contribution in [0.15, 0.2) is 24.5 Å². The molecule has 3 aromatic rings. The molecule has 0 atom stereocenters. The molecule has 0 aliphatic rings. The Morgan fingerprint density at radius 2 is 2.33 bits per heavy atom. The summed E-state index contributed by atoms with van der Waals surface area (Å²) in [7, 11) is 1.68. The van der Waals surface area contributed by atoms with Gasteiger partial charge in [-0.1, -0.05) is 0 Å². The number of benzene rings is 1. The molecule has 0 aliphatic heterocycles. The van der Waals surface area contributed by atoms with E-state index >= 15 is 0 Å². The number of nitrogens with one attached hydrogen (secondary N) is 1. The summed E-state index contributed by atoms with van der Waals surface area (Å²) < 4.78 is 7.12. The zero-order valence-electron chi connectivity index (χ0n) is 9.87. The van der Waals surface area contributed by atoms with Crippen molar-refractivity contribution in [3.8, 4) is 11.4 Å². The van der Waals surface area contributed by atoms with Gasteiger partial charge in [-0.15, -0.1) is 10.2 Å². The van der Waals surface area contributed by atoms with Crippen LogP contribution in [0.2, 0.25) is 0 Å². The number of aromatic nitrogens is 6. The monoisotopic (exact) mass is 244 g/mol. The Bertz CT molecular complexity index is 645. The standard InChI is InChI=1S/C11H12N6O/c1-18-5-4-17-7-12-9-3-2-8(6-10(9)17)11-13-15-16-14-11/h2-3,6-7H,4-5H2,1H3,(H,13,14,15,16). The number of tetrazole rings is 1. The number of H-pyrrole nitrogens is 1. The number of fused-ring (bicyclic) bond motifs is 1. The SMILES string of the molecule is COCCn1cnc2ccc(-c3nn[nH]n3)cc21. The molecule has 0 fully saturated rings. The van der Waals surface area contributed by atoms with Crippen LogP contribution in [-0.4, -0.2) is 43.9 Å². The van der Waals surface area contributed by atoms with Crippen LogP contribution in [0.25, 0.3) is 22.4 Å². The van der Waals surface area contributed by atoms with E-state index in [1.165, 1.54) is 0 Å². The van der Waals surface area contributed by atoms with Crippen LogP contribution in [0, 0.1) is 0 Å². The van der Waals surface area contributed by atoms with Gasteiger partial charge in [0.2, 0.25) is 5.82 Å². The number of aromatic amines is 1. The minimum atomic E-state index is 0.580. The summed E-state index contributed by atoms with van der Waals surface area (Å²) in [6.07, 6.45) is 1.81. The summed E-state index contributed by atoms with van der Waals surface area (Å²) in [5, 5.41) is 13.9. The van der Waals surface area contributed by atoms with Gasteiger partial charge in [0.15, 0.2) is 0 Å². The van der Waals surface area contributed by atoms with E-state index in [2.05, 4.69) is 25.6 Å². The Balaban J connectivity index is 2.04. The van der Waals surface area contributed by atoms with Gasteiger partial charge in [0.1, 0.15) is 0 Å². The van der Waals surface area contributed by atoms with Crippen molar-refractivity contribution in [2.45, 2.75) is 6.54 Å². The number of imidazole rings is 1. The van der Waals surface area contributed by atoms with E-state index in [4.69, 9.17) is 4.74 Å². The summed E-state index contributed by atoms with van der Waals surface area (Å²) in [5.74, 6) is 0.580. The minimum absolute atomic E-state index is 0.580. The molecule has 0 saturated carbocycles.